The maximum atomic E-state index is 13.2. The van der Waals surface area contributed by atoms with E-state index in [9.17, 15) is 22.8 Å². The molecule has 4 rings (SSSR count). The summed E-state index contributed by atoms with van der Waals surface area (Å²) in [5.41, 5.74) is 6.02. The highest BCUT2D eigenvalue weighted by Crippen LogP contribution is 2.34. The smallest absolute Gasteiger partial charge is 0.340 e. The highest BCUT2D eigenvalue weighted by Gasteiger charge is 2.37. The maximum absolute atomic E-state index is 13.2. The zero-order valence-electron chi connectivity index (χ0n) is 18.2. The molecule has 2 atom stereocenters. The largest absolute Gasteiger partial charge is 0.418 e. The molecule has 11 heteroatoms. The number of nitrogens with zero attached hydrogens (tertiary/aromatic N) is 2. The Balaban J connectivity index is 1.30. The Morgan fingerprint density at radius 1 is 1.03 bits per heavy atom. The molecule has 3 N–H and O–H groups in total. The first-order valence-corrected chi connectivity index (χ1v) is 11.3. The van der Waals surface area contributed by atoms with E-state index in [0.717, 1.165) is 11.6 Å². The predicted octanol–water partition coefficient (Wildman–Crippen LogP) is 2.91. The Morgan fingerprint density at radius 2 is 1.71 bits per heavy atom. The third-order valence-corrected chi connectivity index (χ3v) is 6.34. The Hall–Kier alpha value is -2.66. The van der Waals surface area contributed by atoms with Crippen LogP contribution in [0.4, 0.5) is 18.9 Å². The highest BCUT2D eigenvalue weighted by molar-refractivity contribution is 6.30. The van der Waals surface area contributed by atoms with Crippen LogP contribution in [0.2, 0.25) is 5.02 Å². The van der Waals surface area contributed by atoms with Crippen molar-refractivity contribution in [2.45, 2.75) is 12.2 Å². The summed E-state index contributed by atoms with van der Waals surface area (Å²) < 4.78 is 39.4. The third kappa shape index (κ3) is 5.69. The second-order valence-corrected chi connectivity index (χ2v) is 8.79. The van der Waals surface area contributed by atoms with Crippen molar-refractivity contribution in [1.29, 1.82) is 0 Å². The topological polar surface area (TPSA) is 76.7 Å². The lowest BCUT2D eigenvalue weighted by molar-refractivity contribution is -0.137. The van der Waals surface area contributed by atoms with Crippen molar-refractivity contribution < 1.29 is 22.8 Å². The van der Waals surface area contributed by atoms with E-state index in [0.29, 0.717) is 37.7 Å². The standard InChI is InChI=1S/C23H25ClF3N5O2/c24-16-7-5-15(6-8-16)21-17(13-28-30-21)22(34)32-11-9-31(10-12-32)14-20(33)29-19-4-2-1-3-18(19)23(25,26)27/h1-8,17,21,28,30H,9-14H2,(H,29,33). The summed E-state index contributed by atoms with van der Waals surface area (Å²) in [5, 5.41) is 2.99. The average molecular weight is 496 g/mol. The summed E-state index contributed by atoms with van der Waals surface area (Å²) in [5.74, 6) is -0.793. The van der Waals surface area contributed by atoms with Gasteiger partial charge in [0.25, 0.3) is 0 Å². The fourth-order valence-corrected chi connectivity index (χ4v) is 4.43. The van der Waals surface area contributed by atoms with Gasteiger partial charge in [0.05, 0.1) is 29.8 Å². The Labute approximate surface area is 200 Å². The number of carbonyl (C=O) groups is 2. The number of nitrogens with one attached hydrogen (secondary N) is 3. The minimum Gasteiger partial charge on any atom is -0.340 e. The number of hydrogen-bond acceptors (Lipinski definition) is 5. The third-order valence-electron chi connectivity index (χ3n) is 6.09. The molecule has 34 heavy (non-hydrogen) atoms. The van der Waals surface area contributed by atoms with Gasteiger partial charge in [-0.15, -0.1) is 0 Å². The summed E-state index contributed by atoms with van der Waals surface area (Å²) in [6.07, 6.45) is -4.55. The fourth-order valence-electron chi connectivity index (χ4n) is 4.31. The molecule has 7 nitrogen and oxygen atoms in total. The van der Waals surface area contributed by atoms with Crippen LogP contribution in [0.15, 0.2) is 48.5 Å². The molecule has 2 aliphatic heterocycles. The molecule has 2 heterocycles. The van der Waals surface area contributed by atoms with Gasteiger partial charge in [0, 0.05) is 37.7 Å². The Morgan fingerprint density at radius 3 is 2.38 bits per heavy atom. The van der Waals surface area contributed by atoms with Gasteiger partial charge in [-0.05, 0) is 29.8 Å². The zero-order chi connectivity index (χ0) is 24.3. The van der Waals surface area contributed by atoms with Crippen LogP contribution in [0.5, 0.6) is 0 Å². The molecule has 2 amide bonds. The zero-order valence-corrected chi connectivity index (χ0v) is 19.0. The van der Waals surface area contributed by atoms with Crippen molar-refractivity contribution in [2.24, 2.45) is 5.92 Å². The SMILES string of the molecule is O=C(CN1CCN(C(=O)C2CNNC2c2ccc(Cl)cc2)CC1)Nc1ccccc1C(F)(F)F. The van der Waals surface area contributed by atoms with Crippen molar-refractivity contribution >= 4 is 29.1 Å². The van der Waals surface area contributed by atoms with Crippen LogP contribution >= 0.6 is 11.6 Å². The number of halogens is 4. The minimum atomic E-state index is -4.55. The monoisotopic (exact) mass is 495 g/mol. The summed E-state index contributed by atoms with van der Waals surface area (Å²) in [6.45, 7) is 2.24. The van der Waals surface area contributed by atoms with Crippen molar-refractivity contribution in [1.82, 2.24) is 20.7 Å². The van der Waals surface area contributed by atoms with E-state index in [-0.39, 0.29) is 30.1 Å². The molecule has 2 aromatic rings. The number of carbonyl (C=O) groups excluding carboxylic acids is 2. The number of hydrogen-bond donors (Lipinski definition) is 3. The van der Waals surface area contributed by atoms with Gasteiger partial charge in [0.1, 0.15) is 0 Å². The number of hydrazine groups is 1. The number of piperazine rings is 1. The molecule has 0 saturated carbocycles. The van der Waals surface area contributed by atoms with E-state index in [1.54, 1.807) is 17.0 Å². The van der Waals surface area contributed by atoms with E-state index in [1.165, 1.54) is 18.2 Å². The molecule has 0 aliphatic carbocycles. The van der Waals surface area contributed by atoms with E-state index >= 15 is 0 Å². The first kappa shape index (κ1) is 24.5. The van der Waals surface area contributed by atoms with Gasteiger partial charge in [-0.1, -0.05) is 35.9 Å². The summed E-state index contributed by atoms with van der Waals surface area (Å²) in [7, 11) is 0. The lowest BCUT2D eigenvalue weighted by Crippen LogP contribution is -2.52. The van der Waals surface area contributed by atoms with Crippen LogP contribution in [0.25, 0.3) is 0 Å². The molecular weight excluding hydrogens is 471 g/mol. The van der Waals surface area contributed by atoms with E-state index < -0.39 is 17.6 Å². The van der Waals surface area contributed by atoms with Gasteiger partial charge >= 0.3 is 6.18 Å². The second kappa shape index (κ2) is 10.3. The van der Waals surface area contributed by atoms with Crippen molar-refractivity contribution in [2.75, 3.05) is 44.6 Å². The highest BCUT2D eigenvalue weighted by atomic mass is 35.5. The van der Waals surface area contributed by atoms with Gasteiger partial charge < -0.3 is 10.2 Å². The van der Waals surface area contributed by atoms with Gasteiger partial charge in [0.2, 0.25) is 11.8 Å². The molecule has 182 valence electrons. The molecule has 2 saturated heterocycles. The maximum Gasteiger partial charge on any atom is 0.418 e. The average Bonchev–Trinajstić information content (AvgIpc) is 3.29. The van der Waals surface area contributed by atoms with Crippen molar-refractivity contribution in [3.8, 4) is 0 Å². The van der Waals surface area contributed by atoms with Crippen molar-refractivity contribution in [3.05, 3.63) is 64.7 Å². The molecule has 0 spiro atoms. The van der Waals surface area contributed by atoms with Gasteiger partial charge in [0.15, 0.2) is 0 Å². The Bertz CT molecular complexity index is 1030. The second-order valence-electron chi connectivity index (χ2n) is 8.35. The number of benzene rings is 2. The quantitative estimate of drug-likeness (QED) is 0.594. The van der Waals surface area contributed by atoms with Crippen LogP contribution in [-0.2, 0) is 15.8 Å². The van der Waals surface area contributed by atoms with Gasteiger partial charge in [-0.25, -0.2) is 5.43 Å². The van der Waals surface area contributed by atoms with E-state index in [4.69, 9.17) is 11.6 Å². The van der Waals surface area contributed by atoms with E-state index in [2.05, 4.69) is 16.2 Å². The van der Waals surface area contributed by atoms with Crippen LogP contribution in [0.3, 0.4) is 0 Å². The lowest BCUT2D eigenvalue weighted by atomic mass is 9.93. The first-order valence-electron chi connectivity index (χ1n) is 10.9. The molecule has 2 aliphatic rings. The number of alkyl halides is 3. The van der Waals surface area contributed by atoms with Gasteiger partial charge in [-0.2, -0.15) is 13.2 Å². The molecule has 0 bridgehead atoms. The number of anilines is 1. The van der Waals surface area contributed by atoms with Gasteiger partial charge in [-0.3, -0.25) is 19.9 Å². The molecule has 2 unspecified atom stereocenters. The lowest BCUT2D eigenvalue weighted by Gasteiger charge is -2.36. The fraction of sp³-hybridized carbons (Fsp3) is 0.391. The van der Waals surface area contributed by atoms with Crippen LogP contribution < -0.4 is 16.2 Å². The molecule has 2 fully saturated rings. The molecule has 0 radical (unpaired) electrons. The number of rotatable bonds is 5. The molecule has 2 aromatic carbocycles. The van der Waals surface area contributed by atoms with Crippen molar-refractivity contribution in [3.63, 3.8) is 0 Å². The predicted molar refractivity (Wildman–Crippen MR) is 122 cm³/mol. The van der Waals surface area contributed by atoms with E-state index in [1.807, 2.05) is 17.0 Å². The Kier molecular flexibility index (Phi) is 7.42. The minimum absolute atomic E-state index is 0.0145. The van der Waals surface area contributed by atoms with Crippen LogP contribution in [0, 0.1) is 5.92 Å². The number of amides is 2. The first-order chi connectivity index (χ1) is 16.2. The normalized spacial score (nSPS) is 21.5. The number of para-hydroxylation sites is 1. The summed E-state index contributed by atoms with van der Waals surface area (Å²) in [6, 6.07) is 12.1. The molecule has 0 aromatic heterocycles. The summed E-state index contributed by atoms with van der Waals surface area (Å²) in [4.78, 5) is 29.2. The van der Waals surface area contributed by atoms with Crippen LogP contribution in [-0.4, -0.2) is 60.9 Å². The van der Waals surface area contributed by atoms with Crippen LogP contribution in [0.1, 0.15) is 17.2 Å². The summed E-state index contributed by atoms with van der Waals surface area (Å²) >= 11 is 5.97. The molecular formula is C23H25ClF3N5O2.